The molecule has 0 radical (unpaired) electrons. The SMILES string of the molecule is Cc1c(-c2cccc(F)c2)c(CN)nn1C. The second-order valence-corrected chi connectivity index (χ2v) is 3.75. The number of benzene rings is 1. The van der Waals surface area contributed by atoms with Crippen molar-refractivity contribution < 1.29 is 4.39 Å². The van der Waals surface area contributed by atoms with Gasteiger partial charge in [-0.3, -0.25) is 4.68 Å². The normalized spacial score (nSPS) is 10.8. The summed E-state index contributed by atoms with van der Waals surface area (Å²) in [6.45, 7) is 2.31. The van der Waals surface area contributed by atoms with Crippen LogP contribution in [0, 0.1) is 12.7 Å². The second-order valence-electron chi connectivity index (χ2n) is 3.75. The fourth-order valence-electron chi connectivity index (χ4n) is 1.84. The Hall–Kier alpha value is -1.68. The van der Waals surface area contributed by atoms with Crippen LogP contribution in [0.15, 0.2) is 24.3 Å². The van der Waals surface area contributed by atoms with Crippen molar-refractivity contribution in [2.75, 3.05) is 0 Å². The molecule has 0 aliphatic heterocycles. The maximum Gasteiger partial charge on any atom is 0.123 e. The Bertz CT molecular complexity index is 517. The first kappa shape index (κ1) is 10.8. The van der Waals surface area contributed by atoms with Crippen LogP contribution in [0.4, 0.5) is 4.39 Å². The molecule has 0 unspecified atom stereocenters. The standard InChI is InChI=1S/C12H14FN3/c1-8-12(11(7-14)15-16(8)2)9-4-3-5-10(13)6-9/h3-6H,7,14H2,1-2H3. The smallest absolute Gasteiger partial charge is 0.123 e. The molecule has 1 heterocycles. The quantitative estimate of drug-likeness (QED) is 0.839. The minimum absolute atomic E-state index is 0.247. The Morgan fingerprint density at radius 1 is 1.44 bits per heavy atom. The van der Waals surface area contributed by atoms with Gasteiger partial charge in [0, 0.05) is 24.8 Å². The molecular weight excluding hydrogens is 205 g/mol. The zero-order valence-electron chi connectivity index (χ0n) is 9.37. The van der Waals surface area contributed by atoms with Gasteiger partial charge in [-0.25, -0.2) is 4.39 Å². The number of aryl methyl sites for hydroxylation is 1. The van der Waals surface area contributed by atoms with Gasteiger partial charge >= 0.3 is 0 Å². The summed E-state index contributed by atoms with van der Waals surface area (Å²) >= 11 is 0. The lowest BCUT2D eigenvalue weighted by molar-refractivity contribution is 0.628. The van der Waals surface area contributed by atoms with Gasteiger partial charge in [0.25, 0.3) is 0 Å². The lowest BCUT2D eigenvalue weighted by Crippen LogP contribution is -1.99. The third kappa shape index (κ3) is 1.72. The average molecular weight is 219 g/mol. The molecule has 1 aromatic carbocycles. The van der Waals surface area contributed by atoms with Gasteiger partial charge in [-0.1, -0.05) is 12.1 Å². The van der Waals surface area contributed by atoms with Crippen LogP contribution in [-0.4, -0.2) is 9.78 Å². The van der Waals surface area contributed by atoms with Gasteiger partial charge in [-0.05, 0) is 24.6 Å². The molecule has 0 aliphatic rings. The molecular formula is C12H14FN3. The lowest BCUT2D eigenvalue weighted by atomic mass is 10.0. The molecule has 0 bridgehead atoms. The second kappa shape index (κ2) is 4.06. The van der Waals surface area contributed by atoms with E-state index >= 15 is 0 Å². The summed E-state index contributed by atoms with van der Waals surface area (Å²) in [6, 6.07) is 6.49. The number of nitrogens with two attached hydrogens (primary N) is 1. The van der Waals surface area contributed by atoms with Crippen molar-refractivity contribution in [3.63, 3.8) is 0 Å². The van der Waals surface area contributed by atoms with E-state index in [1.54, 1.807) is 10.7 Å². The predicted octanol–water partition coefficient (Wildman–Crippen LogP) is 1.99. The topological polar surface area (TPSA) is 43.8 Å². The van der Waals surface area contributed by atoms with E-state index in [0.717, 1.165) is 22.5 Å². The van der Waals surface area contributed by atoms with Crippen LogP contribution in [0.3, 0.4) is 0 Å². The summed E-state index contributed by atoms with van der Waals surface area (Å²) in [6.07, 6.45) is 0. The van der Waals surface area contributed by atoms with Gasteiger partial charge in [-0.2, -0.15) is 5.10 Å². The van der Waals surface area contributed by atoms with E-state index < -0.39 is 0 Å². The molecule has 3 nitrogen and oxygen atoms in total. The lowest BCUT2D eigenvalue weighted by Gasteiger charge is -2.03. The Morgan fingerprint density at radius 2 is 2.19 bits per heavy atom. The number of aromatic nitrogens is 2. The highest BCUT2D eigenvalue weighted by atomic mass is 19.1. The molecule has 2 rings (SSSR count). The van der Waals surface area contributed by atoms with E-state index in [-0.39, 0.29) is 5.82 Å². The summed E-state index contributed by atoms with van der Waals surface area (Å²) in [4.78, 5) is 0. The van der Waals surface area contributed by atoms with E-state index in [1.807, 2.05) is 20.0 Å². The predicted molar refractivity (Wildman–Crippen MR) is 61.2 cm³/mol. The van der Waals surface area contributed by atoms with Gasteiger partial charge in [-0.15, -0.1) is 0 Å². The fraction of sp³-hybridized carbons (Fsp3) is 0.250. The molecule has 2 N–H and O–H groups in total. The molecule has 0 amide bonds. The summed E-state index contributed by atoms with van der Waals surface area (Å²) in [7, 11) is 1.86. The maximum atomic E-state index is 13.2. The Labute approximate surface area is 93.7 Å². The van der Waals surface area contributed by atoms with E-state index in [9.17, 15) is 4.39 Å². The first-order valence-electron chi connectivity index (χ1n) is 5.12. The molecule has 0 atom stereocenters. The molecule has 16 heavy (non-hydrogen) atoms. The Kier molecular flexibility index (Phi) is 2.75. The minimum Gasteiger partial charge on any atom is -0.325 e. The van der Waals surface area contributed by atoms with Crippen molar-refractivity contribution in [2.24, 2.45) is 12.8 Å². The van der Waals surface area contributed by atoms with Crippen LogP contribution in [0.2, 0.25) is 0 Å². The zero-order valence-corrected chi connectivity index (χ0v) is 9.37. The van der Waals surface area contributed by atoms with Gasteiger partial charge in [0.15, 0.2) is 0 Å². The number of nitrogens with zero attached hydrogens (tertiary/aromatic N) is 2. The third-order valence-corrected chi connectivity index (χ3v) is 2.71. The van der Waals surface area contributed by atoms with Crippen LogP contribution in [-0.2, 0) is 13.6 Å². The fourth-order valence-corrected chi connectivity index (χ4v) is 1.84. The van der Waals surface area contributed by atoms with Crippen LogP contribution in [0.5, 0.6) is 0 Å². The highest BCUT2D eigenvalue weighted by Gasteiger charge is 2.13. The third-order valence-electron chi connectivity index (χ3n) is 2.71. The van der Waals surface area contributed by atoms with Crippen LogP contribution in [0.25, 0.3) is 11.1 Å². The van der Waals surface area contributed by atoms with Gasteiger partial charge < -0.3 is 5.73 Å². The average Bonchev–Trinajstić information content (AvgIpc) is 2.55. The summed E-state index contributed by atoms with van der Waals surface area (Å²) in [5.74, 6) is -0.247. The van der Waals surface area contributed by atoms with Crippen molar-refractivity contribution in [3.8, 4) is 11.1 Å². The monoisotopic (exact) mass is 219 g/mol. The molecule has 0 saturated heterocycles. The van der Waals surface area contributed by atoms with E-state index in [0.29, 0.717) is 6.54 Å². The molecule has 0 aliphatic carbocycles. The molecule has 4 heteroatoms. The molecule has 0 saturated carbocycles. The van der Waals surface area contributed by atoms with Crippen LogP contribution < -0.4 is 5.73 Å². The van der Waals surface area contributed by atoms with Crippen molar-refractivity contribution in [2.45, 2.75) is 13.5 Å². The summed E-state index contributed by atoms with van der Waals surface area (Å²) in [5.41, 5.74) is 9.19. The Balaban J connectivity index is 2.63. The van der Waals surface area contributed by atoms with Gasteiger partial charge in [0.1, 0.15) is 5.82 Å². The Morgan fingerprint density at radius 3 is 2.81 bits per heavy atom. The number of halogens is 1. The van der Waals surface area contributed by atoms with Gasteiger partial charge in [0.05, 0.1) is 5.69 Å². The van der Waals surface area contributed by atoms with Gasteiger partial charge in [0.2, 0.25) is 0 Å². The van der Waals surface area contributed by atoms with Crippen molar-refractivity contribution in [3.05, 3.63) is 41.5 Å². The summed E-state index contributed by atoms with van der Waals surface area (Å²) in [5, 5.41) is 4.30. The number of hydrogen-bond donors (Lipinski definition) is 1. The van der Waals surface area contributed by atoms with Crippen molar-refractivity contribution in [1.29, 1.82) is 0 Å². The van der Waals surface area contributed by atoms with Crippen molar-refractivity contribution in [1.82, 2.24) is 9.78 Å². The molecule has 84 valence electrons. The number of hydrogen-bond acceptors (Lipinski definition) is 2. The zero-order chi connectivity index (χ0) is 11.7. The van der Waals surface area contributed by atoms with Crippen molar-refractivity contribution >= 4 is 0 Å². The van der Waals surface area contributed by atoms with Crippen LogP contribution >= 0.6 is 0 Å². The largest absolute Gasteiger partial charge is 0.325 e. The molecule has 1 aromatic heterocycles. The highest BCUT2D eigenvalue weighted by Crippen LogP contribution is 2.27. The first-order valence-corrected chi connectivity index (χ1v) is 5.12. The van der Waals surface area contributed by atoms with E-state index in [4.69, 9.17) is 5.73 Å². The van der Waals surface area contributed by atoms with Crippen LogP contribution in [0.1, 0.15) is 11.4 Å². The molecule has 2 aromatic rings. The first-order chi connectivity index (χ1) is 7.63. The summed E-state index contributed by atoms with van der Waals surface area (Å²) < 4.78 is 14.9. The number of rotatable bonds is 2. The maximum absolute atomic E-state index is 13.2. The molecule has 0 spiro atoms. The molecule has 0 fully saturated rings. The van der Waals surface area contributed by atoms with E-state index in [1.165, 1.54) is 12.1 Å². The van der Waals surface area contributed by atoms with E-state index in [2.05, 4.69) is 5.10 Å². The minimum atomic E-state index is -0.247. The highest BCUT2D eigenvalue weighted by molar-refractivity contribution is 5.68.